The Bertz CT molecular complexity index is 197. The average Bonchev–Trinajstić information content (AvgIpc) is 3.03. The van der Waals surface area contributed by atoms with Gasteiger partial charge in [0.25, 0.3) is 0 Å². The van der Waals surface area contributed by atoms with Gasteiger partial charge in [-0.15, -0.1) is 0 Å². The maximum atomic E-state index is 5.82. The van der Waals surface area contributed by atoms with E-state index in [1.54, 1.807) is 0 Å². The second-order valence-corrected chi connectivity index (χ2v) is 6.45. The molecule has 0 amide bonds. The van der Waals surface area contributed by atoms with Crippen molar-refractivity contribution in [3.63, 3.8) is 0 Å². The highest BCUT2D eigenvalue weighted by atomic mass is 14.9. The lowest BCUT2D eigenvalue weighted by atomic mass is 9.94. The summed E-state index contributed by atoms with van der Waals surface area (Å²) in [5, 5.41) is 3.66. The van der Waals surface area contributed by atoms with Crippen LogP contribution in [-0.2, 0) is 0 Å². The van der Waals surface area contributed by atoms with Crippen LogP contribution in [0.25, 0.3) is 0 Å². The van der Waals surface area contributed by atoms with E-state index < -0.39 is 0 Å². The van der Waals surface area contributed by atoms with E-state index in [0.717, 1.165) is 19.0 Å². The summed E-state index contributed by atoms with van der Waals surface area (Å²) in [6.45, 7) is 10.1. The van der Waals surface area contributed by atoms with E-state index in [-0.39, 0.29) is 0 Å². The van der Waals surface area contributed by atoms with Crippen molar-refractivity contribution in [3.8, 4) is 0 Å². The lowest BCUT2D eigenvalue weighted by Crippen LogP contribution is -2.28. The Balaban J connectivity index is 2.06. The van der Waals surface area contributed by atoms with Crippen molar-refractivity contribution in [1.29, 1.82) is 0 Å². The van der Waals surface area contributed by atoms with E-state index in [0.29, 0.717) is 11.3 Å². The molecule has 1 aliphatic rings. The number of rotatable bonds is 10. The number of hydrogen-bond donors (Lipinski definition) is 2. The van der Waals surface area contributed by atoms with E-state index >= 15 is 0 Å². The number of nitrogens with two attached hydrogens (primary N) is 1. The van der Waals surface area contributed by atoms with Gasteiger partial charge in [-0.1, -0.05) is 27.2 Å². The van der Waals surface area contributed by atoms with Crippen LogP contribution < -0.4 is 11.1 Å². The van der Waals surface area contributed by atoms with E-state index in [2.05, 4.69) is 26.1 Å². The summed E-state index contributed by atoms with van der Waals surface area (Å²) < 4.78 is 0. The highest BCUT2D eigenvalue weighted by molar-refractivity contribution is 4.94. The van der Waals surface area contributed by atoms with Crippen LogP contribution in [-0.4, -0.2) is 19.6 Å². The predicted molar refractivity (Wildman–Crippen MR) is 76.1 cm³/mol. The molecule has 2 nitrogen and oxygen atoms in total. The van der Waals surface area contributed by atoms with Gasteiger partial charge in [0.2, 0.25) is 0 Å². The Morgan fingerprint density at radius 3 is 2.47 bits per heavy atom. The minimum atomic E-state index is 0.686. The second-order valence-electron chi connectivity index (χ2n) is 6.45. The molecular formula is C15H32N2. The monoisotopic (exact) mass is 240 g/mol. The minimum Gasteiger partial charge on any atom is -0.330 e. The first-order chi connectivity index (χ1) is 8.12. The molecule has 1 rings (SSSR count). The van der Waals surface area contributed by atoms with Gasteiger partial charge < -0.3 is 11.1 Å². The zero-order valence-electron chi connectivity index (χ0n) is 12.1. The first kappa shape index (κ1) is 15.0. The Morgan fingerprint density at radius 2 is 2.00 bits per heavy atom. The summed E-state index contributed by atoms with van der Waals surface area (Å²) in [4.78, 5) is 0. The van der Waals surface area contributed by atoms with Gasteiger partial charge in [-0.05, 0) is 62.4 Å². The van der Waals surface area contributed by atoms with Gasteiger partial charge in [-0.2, -0.15) is 0 Å². The minimum absolute atomic E-state index is 0.686. The highest BCUT2D eigenvalue weighted by Gasteiger charge is 2.40. The fraction of sp³-hybridized carbons (Fsp3) is 1.00. The van der Waals surface area contributed by atoms with E-state index in [1.807, 2.05) is 0 Å². The van der Waals surface area contributed by atoms with Crippen molar-refractivity contribution in [3.05, 3.63) is 0 Å². The fourth-order valence-corrected chi connectivity index (χ4v) is 2.88. The van der Waals surface area contributed by atoms with Crippen molar-refractivity contribution in [2.45, 2.75) is 59.3 Å². The molecule has 0 heterocycles. The van der Waals surface area contributed by atoms with E-state index in [1.165, 1.54) is 45.1 Å². The molecule has 1 atom stereocenters. The third kappa shape index (κ3) is 5.87. The molecule has 102 valence electrons. The molecule has 3 N–H and O–H groups in total. The Kier molecular flexibility index (Phi) is 6.50. The van der Waals surface area contributed by atoms with Gasteiger partial charge in [0.05, 0.1) is 0 Å². The Morgan fingerprint density at radius 1 is 1.29 bits per heavy atom. The topological polar surface area (TPSA) is 38.0 Å². The van der Waals surface area contributed by atoms with Gasteiger partial charge in [0.15, 0.2) is 0 Å². The molecule has 2 heteroatoms. The quantitative estimate of drug-likeness (QED) is 0.576. The molecule has 17 heavy (non-hydrogen) atoms. The van der Waals surface area contributed by atoms with E-state index in [9.17, 15) is 0 Å². The molecule has 0 spiro atoms. The zero-order valence-corrected chi connectivity index (χ0v) is 12.1. The lowest BCUT2D eigenvalue weighted by Gasteiger charge is -2.19. The SMILES string of the molecule is CCCC1(CNCCC(CN)CC(C)C)CC1. The van der Waals surface area contributed by atoms with Gasteiger partial charge in [-0.3, -0.25) is 0 Å². The van der Waals surface area contributed by atoms with Crippen LogP contribution >= 0.6 is 0 Å². The molecule has 0 radical (unpaired) electrons. The highest BCUT2D eigenvalue weighted by Crippen LogP contribution is 2.48. The molecule has 1 fully saturated rings. The molecule has 0 saturated heterocycles. The molecule has 1 aliphatic carbocycles. The van der Waals surface area contributed by atoms with Crippen molar-refractivity contribution in [2.75, 3.05) is 19.6 Å². The van der Waals surface area contributed by atoms with Crippen LogP contribution in [0.1, 0.15) is 59.3 Å². The molecule has 0 aromatic rings. The van der Waals surface area contributed by atoms with Crippen LogP contribution in [0.4, 0.5) is 0 Å². The fourth-order valence-electron chi connectivity index (χ4n) is 2.88. The molecule has 0 aromatic heterocycles. The van der Waals surface area contributed by atoms with Crippen LogP contribution in [0.3, 0.4) is 0 Å². The molecule has 0 aliphatic heterocycles. The maximum Gasteiger partial charge on any atom is 0.000781 e. The number of hydrogen-bond acceptors (Lipinski definition) is 2. The van der Waals surface area contributed by atoms with Gasteiger partial charge in [0, 0.05) is 6.54 Å². The van der Waals surface area contributed by atoms with Gasteiger partial charge in [-0.25, -0.2) is 0 Å². The molecule has 1 unspecified atom stereocenters. The summed E-state index contributed by atoms with van der Waals surface area (Å²) in [7, 11) is 0. The lowest BCUT2D eigenvalue weighted by molar-refractivity contribution is 0.366. The van der Waals surface area contributed by atoms with Crippen molar-refractivity contribution >= 4 is 0 Å². The van der Waals surface area contributed by atoms with Crippen molar-refractivity contribution < 1.29 is 0 Å². The first-order valence-electron chi connectivity index (χ1n) is 7.52. The van der Waals surface area contributed by atoms with Crippen LogP contribution in [0.5, 0.6) is 0 Å². The Labute approximate surface area is 108 Å². The largest absolute Gasteiger partial charge is 0.330 e. The summed E-state index contributed by atoms with van der Waals surface area (Å²) in [5.41, 5.74) is 6.51. The smallest absolute Gasteiger partial charge is 0.000781 e. The summed E-state index contributed by atoms with van der Waals surface area (Å²) >= 11 is 0. The third-order valence-corrected chi connectivity index (χ3v) is 4.10. The third-order valence-electron chi connectivity index (χ3n) is 4.10. The van der Waals surface area contributed by atoms with Crippen LogP contribution in [0.15, 0.2) is 0 Å². The normalized spacial score (nSPS) is 19.6. The Hall–Kier alpha value is -0.0800. The first-order valence-corrected chi connectivity index (χ1v) is 7.52. The predicted octanol–water partition coefficient (Wildman–Crippen LogP) is 3.17. The molecule has 0 bridgehead atoms. The standard InChI is InChI=1S/C15H32N2/c1-4-6-15(7-8-15)12-17-9-5-14(11-16)10-13(2)3/h13-14,17H,4-12,16H2,1-3H3. The molecular weight excluding hydrogens is 208 g/mol. The van der Waals surface area contributed by atoms with Crippen molar-refractivity contribution in [2.24, 2.45) is 23.0 Å². The summed E-state index contributed by atoms with van der Waals surface area (Å²) in [6.07, 6.45) is 8.15. The zero-order chi connectivity index (χ0) is 12.7. The second kappa shape index (κ2) is 7.38. The number of nitrogens with one attached hydrogen (secondary N) is 1. The summed E-state index contributed by atoms with van der Waals surface area (Å²) in [5.74, 6) is 1.49. The van der Waals surface area contributed by atoms with Gasteiger partial charge >= 0.3 is 0 Å². The van der Waals surface area contributed by atoms with Gasteiger partial charge in [0.1, 0.15) is 0 Å². The molecule has 1 saturated carbocycles. The van der Waals surface area contributed by atoms with Crippen LogP contribution in [0.2, 0.25) is 0 Å². The summed E-state index contributed by atoms with van der Waals surface area (Å²) in [6, 6.07) is 0. The van der Waals surface area contributed by atoms with Crippen LogP contribution in [0, 0.1) is 17.3 Å². The maximum absolute atomic E-state index is 5.82. The van der Waals surface area contributed by atoms with E-state index in [4.69, 9.17) is 5.73 Å². The van der Waals surface area contributed by atoms with Crippen molar-refractivity contribution in [1.82, 2.24) is 5.32 Å². The average molecular weight is 240 g/mol. The molecule has 0 aromatic carbocycles.